The summed E-state index contributed by atoms with van der Waals surface area (Å²) >= 11 is 0. The fraction of sp³-hybridized carbons (Fsp3) is 0.455. The number of methoxy groups -OCH3 is 1. The van der Waals surface area contributed by atoms with Gasteiger partial charge in [-0.3, -0.25) is 0 Å². The van der Waals surface area contributed by atoms with Gasteiger partial charge in [0, 0.05) is 30.3 Å². The smallest absolute Gasteiger partial charge is 0.124 e. The van der Waals surface area contributed by atoms with E-state index in [1.54, 1.807) is 7.11 Å². The minimum atomic E-state index is 0.226. The number of benzene rings is 1. The van der Waals surface area contributed by atoms with Gasteiger partial charge in [-0.25, -0.2) is 0 Å². The molecule has 3 heteroatoms. The van der Waals surface area contributed by atoms with Crippen LogP contribution in [0.2, 0.25) is 0 Å². The number of fused-ring (bicyclic) bond motifs is 1. The summed E-state index contributed by atoms with van der Waals surface area (Å²) < 4.78 is 5.31. The van der Waals surface area contributed by atoms with Crippen LogP contribution in [-0.4, -0.2) is 25.4 Å². The van der Waals surface area contributed by atoms with Crippen LogP contribution in [0.3, 0.4) is 0 Å². The molecule has 1 aromatic carbocycles. The maximum atomic E-state index is 8.95. The lowest BCUT2D eigenvalue weighted by atomic mass is 9.97. The molecule has 0 aliphatic carbocycles. The van der Waals surface area contributed by atoms with Crippen LogP contribution in [0.15, 0.2) is 18.2 Å². The zero-order valence-corrected chi connectivity index (χ0v) is 8.29. The first kappa shape index (κ1) is 9.34. The lowest BCUT2D eigenvalue weighted by Crippen LogP contribution is -2.04. The van der Waals surface area contributed by atoms with Gasteiger partial charge >= 0.3 is 0 Å². The molecule has 0 amide bonds. The molecule has 1 atom stereocenters. The zero-order valence-electron chi connectivity index (χ0n) is 8.29. The maximum Gasteiger partial charge on any atom is 0.124 e. The van der Waals surface area contributed by atoms with E-state index in [2.05, 4.69) is 11.4 Å². The molecule has 0 aromatic heterocycles. The van der Waals surface area contributed by atoms with Crippen molar-refractivity contribution in [3.05, 3.63) is 23.8 Å². The monoisotopic (exact) mass is 193 g/mol. The molecule has 0 saturated carbocycles. The highest BCUT2D eigenvalue weighted by Crippen LogP contribution is 2.39. The molecule has 1 unspecified atom stereocenters. The van der Waals surface area contributed by atoms with E-state index in [0.29, 0.717) is 5.92 Å². The Kier molecular flexibility index (Phi) is 2.59. The number of ether oxygens (including phenoxy) is 1. The van der Waals surface area contributed by atoms with Crippen molar-refractivity contribution < 1.29 is 9.84 Å². The summed E-state index contributed by atoms with van der Waals surface area (Å²) in [4.78, 5) is 0. The third-order valence-corrected chi connectivity index (χ3v) is 2.71. The van der Waals surface area contributed by atoms with Crippen molar-refractivity contribution in [1.29, 1.82) is 0 Å². The summed E-state index contributed by atoms with van der Waals surface area (Å²) in [5.41, 5.74) is 2.35. The van der Waals surface area contributed by atoms with E-state index in [0.717, 1.165) is 24.4 Å². The van der Waals surface area contributed by atoms with Crippen molar-refractivity contribution in [2.75, 3.05) is 25.6 Å². The molecule has 3 nitrogen and oxygen atoms in total. The molecule has 1 aliphatic heterocycles. The first-order chi connectivity index (χ1) is 6.86. The van der Waals surface area contributed by atoms with Gasteiger partial charge in [0.05, 0.1) is 7.11 Å². The van der Waals surface area contributed by atoms with E-state index in [-0.39, 0.29) is 6.61 Å². The summed E-state index contributed by atoms with van der Waals surface area (Å²) in [6.45, 7) is 1.13. The molecule has 1 aliphatic rings. The van der Waals surface area contributed by atoms with Crippen molar-refractivity contribution in [3.8, 4) is 5.75 Å². The fourth-order valence-electron chi connectivity index (χ4n) is 2.03. The number of rotatable bonds is 3. The van der Waals surface area contributed by atoms with Crippen LogP contribution in [0.25, 0.3) is 0 Å². The van der Waals surface area contributed by atoms with Gasteiger partial charge in [0.1, 0.15) is 5.75 Å². The third kappa shape index (κ3) is 1.44. The second kappa shape index (κ2) is 3.88. The summed E-state index contributed by atoms with van der Waals surface area (Å²) in [5.74, 6) is 1.30. The van der Waals surface area contributed by atoms with Gasteiger partial charge in [0.2, 0.25) is 0 Å². The van der Waals surface area contributed by atoms with Crippen LogP contribution in [0.5, 0.6) is 5.75 Å². The Hall–Kier alpha value is -1.22. The van der Waals surface area contributed by atoms with Gasteiger partial charge in [-0.2, -0.15) is 0 Å². The first-order valence-corrected chi connectivity index (χ1v) is 4.88. The maximum absolute atomic E-state index is 8.95. The minimum absolute atomic E-state index is 0.226. The molecule has 14 heavy (non-hydrogen) atoms. The Bertz CT molecular complexity index is 323. The standard InChI is InChI=1S/C11H15NO2/c1-14-10-4-2-3-9-11(10)8(5-6-13)7-12-9/h2-4,8,12-13H,5-7H2,1H3. The quantitative estimate of drug-likeness (QED) is 0.766. The number of aliphatic hydroxyl groups excluding tert-OH is 1. The van der Waals surface area contributed by atoms with E-state index in [1.165, 1.54) is 5.56 Å². The Morgan fingerprint density at radius 3 is 3.14 bits per heavy atom. The van der Waals surface area contributed by atoms with Crippen LogP contribution >= 0.6 is 0 Å². The van der Waals surface area contributed by atoms with Crippen LogP contribution in [0.4, 0.5) is 5.69 Å². The summed E-state index contributed by atoms with van der Waals surface area (Å²) in [6.07, 6.45) is 0.792. The van der Waals surface area contributed by atoms with Crippen molar-refractivity contribution >= 4 is 5.69 Å². The van der Waals surface area contributed by atoms with Gasteiger partial charge in [-0.15, -0.1) is 0 Å². The third-order valence-electron chi connectivity index (χ3n) is 2.71. The molecule has 0 fully saturated rings. The number of nitrogens with one attached hydrogen (secondary N) is 1. The largest absolute Gasteiger partial charge is 0.496 e. The van der Waals surface area contributed by atoms with E-state index in [9.17, 15) is 0 Å². The Labute approximate surface area is 83.7 Å². The topological polar surface area (TPSA) is 41.5 Å². The predicted octanol–water partition coefficient (Wildman–Crippen LogP) is 1.59. The Morgan fingerprint density at radius 2 is 2.43 bits per heavy atom. The van der Waals surface area contributed by atoms with Crippen LogP contribution < -0.4 is 10.1 Å². The fourth-order valence-corrected chi connectivity index (χ4v) is 2.03. The lowest BCUT2D eigenvalue weighted by molar-refractivity contribution is 0.277. The average molecular weight is 193 g/mol. The number of aliphatic hydroxyl groups is 1. The Morgan fingerprint density at radius 1 is 1.57 bits per heavy atom. The van der Waals surface area contributed by atoms with Crippen molar-refractivity contribution in [2.24, 2.45) is 0 Å². The highest BCUT2D eigenvalue weighted by molar-refractivity contribution is 5.63. The summed E-state index contributed by atoms with van der Waals surface area (Å²) in [6, 6.07) is 6.00. The second-order valence-corrected chi connectivity index (χ2v) is 3.51. The second-order valence-electron chi connectivity index (χ2n) is 3.51. The van der Waals surface area contributed by atoms with Crippen LogP contribution in [0, 0.1) is 0 Å². The molecular weight excluding hydrogens is 178 g/mol. The van der Waals surface area contributed by atoms with Gasteiger partial charge in [-0.05, 0) is 18.6 Å². The molecule has 2 N–H and O–H groups in total. The molecule has 0 spiro atoms. The van der Waals surface area contributed by atoms with Gasteiger partial charge in [-0.1, -0.05) is 6.07 Å². The zero-order chi connectivity index (χ0) is 9.97. The van der Waals surface area contributed by atoms with Gasteiger partial charge in [0.15, 0.2) is 0 Å². The van der Waals surface area contributed by atoms with E-state index < -0.39 is 0 Å². The first-order valence-electron chi connectivity index (χ1n) is 4.88. The van der Waals surface area contributed by atoms with E-state index in [4.69, 9.17) is 9.84 Å². The highest BCUT2D eigenvalue weighted by Gasteiger charge is 2.24. The highest BCUT2D eigenvalue weighted by atomic mass is 16.5. The van der Waals surface area contributed by atoms with Crippen molar-refractivity contribution in [3.63, 3.8) is 0 Å². The van der Waals surface area contributed by atoms with Crippen LogP contribution in [0.1, 0.15) is 17.9 Å². The Balaban J connectivity index is 2.35. The molecule has 76 valence electrons. The predicted molar refractivity (Wildman–Crippen MR) is 55.9 cm³/mol. The SMILES string of the molecule is COc1cccc2c1C(CCO)CN2. The molecule has 0 saturated heterocycles. The van der Waals surface area contributed by atoms with Gasteiger partial charge < -0.3 is 15.2 Å². The number of hydrogen-bond acceptors (Lipinski definition) is 3. The molecule has 1 aromatic rings. The number of anilines is 1. The lowest BCUT2D eigenvalue weighted by Gasteiger charge is -2.11. The average Bonchev–Trinajstić information content (AvgIpc) is 2.62. The van der Waals surface area contributed by atoms with Crippen molar-refractivity contribution in [2.45, 2.75) is 12.3 Å². The van der Waals surface area contributed by atoms with E-state index in [1.807, 2.05) is 12.1 Å². The summed E-state index contributed by atoms with van der Waals surface area (Å²) in [7, 11) is 1.68. The summed E-state index contributed by atoms with van der Waals surface area (Å²) in [5, 5.41) is 12.3. The molecule has 0 radical (unpaired) electrons. The molecular formula is C11H15NO2. The van der Waals surface area contributed by atoms with Crippen LogP contribution in [-0.2, 0) is 0 Å². The van der Waals surface area contributed by atoms with E-state index >= 15 is 0 Å². The minimum Gasteiger partial charge on any atom is -0.496 e. The number of hydrogen-bond donors (Lipinski definition) is 2. The molecule has 2 rings (SSSR count). The molecule has 1 heterocycles. The van der Waals surface area contributed by atoms with Gasteiger partial charge in [0.25, 0.3) is 0 Å². The molecule has 0 bridgehead atoms. The normalized spacial score (nSPS) is 18.9. The van der Waals surface area contributed by atoms with Crippen molar-refractivity contribution in [1.82, 2.24) is 0 Å².